The summed E-state index contributed by atoms with van der Waals surface area (Å²) in [6.45, 7) is 5.38. The first-order valence-corrected chi connectivity index (χ1v) is 6.48. The van der Waals surface area contributed by atoms with E-state index in [2.05, 4.69) is 16.7 Å². The molecule has 20 heavy (non-hydrogen) atoms. The summed E-state index contributed by atoms with van der Waals surface area (Å²) in [5, 5.41) is 12.5. The van der Waals surface area contributed by atoms with E-state index in [1.807, 2.05) is 6.92 Å². The van der Waals surface area contributed by atoms with E-state index in [0.717, 1.165) is 12.8 Å². The number of nitrogens with zero attached hydrogens (tertiary/aromatic N) is 3. The van der Waals surface area contributed by atoms with Crippen LogP contribution in [-0.2, 0) is 22.4 Å². The van der Waals surface area contributed by atoms with Crippen molar-refractivity contribution in [1.29, 1.82) is 0 Å². The molecule has 0 saturated carbocycles. The predicted octanol–water partition coefficient (Wildman–Crippen LogP) is 1.05. The molecular weight excluding hydrogens is 262 g/mol. The smallest absolute Gasteiger partial charge is 0.323 e. The zero-order chi connectivity index (χ0) is 15.0. The Morgan fingerprint density at radius 2 is 2.20 bits per heavy atom. The van der Waals surface area contributed by atoms with Crippen LogP contribution < -0.4 is 0 Å². The number of hydrogen-bond donors (Lipinski definition) is 1. The van der Waals surface area contributed by atoms with Crippen LogP contribution in [0.4, 0.5) is 0 Å². The Balaban J connectivity index is 2.50. The summed E-state index contributed by atoms with van der Waals surface area (Å²) in [7, 11) is 0. The fourth-order valence-electron chi connectivity index (χ4n) is 1.66. The van der Waals surface area contributed by atoms with Gasteiger partial charge >= 0.3 is 5.97 Å². The Hall–Kier alpha value is -2.18. The van der Waals surface area contributed by atoms with Gasteiger partial charge in [0.1, 0.15) is 6.54 Å². The Kier molecular flexibility index (Phi) is 6.42. The second-order valence-electron chi connectivity index (χ2n) is 4.31. The molecule has 7 nitrogen and oxygen atoms in total. The number of rotatable bonds is 9. The van der Waals surface area contributed by atoms with Gasteiger partial charge in [0.15, 0.2) is 5.82 Å². The molecule has 0 bridgehead atoms. The van der Waals surface area contributed by atoms with Crippen LogP contribution in [0.5, 0.6) is 0 Å². The minimum absolute atomic E-state index is 0.134. The van der Waals surface area contributed by atoms with Crippen LogP contribution in [0.25, 0.3) is 0 Å². The summed E-state index contributed by atoms with van der Waals surface area (Å²) in [6, 6.07) is 0. The first-order chi connectivity index (χ1) is 9.56. The molecule has 1 amide bonds. The van der Waals surface area contributed by atoms with Gasteiger partial charge in [0.05, 0.1) is 0 Å². The molecule has 0 aliphatic heterocycles. The number of carbonyl (C=O) groups excluding carboxylic acids is 1. The molecule has 0 spiro atoms. The molecule has 0 atom stereocenters. The lowest BCUT2D eigenvalue weighted by atomic mass is 10.2. The van der Waals surface area contributed by atoms with E-state index >= 15 is 0 Å². The van der Waals surface area contributed by atoms with Crippen molar-refractivity contribution in [3.05, 3.63) is 24.4 Å². The second-order valence-corrected chi connectivity index (χ2v) is 4.31. The van der Waals surface area contributed by atoms with Crippen LogP contribution >= 0.6 is 0 Å². The van der Waals surface area contributed by atoms with Gasteiger partial charge in [0.25, 0.3) is 0 Å². The molecule has 1 N–H and O–H groups in total. The number of aliphatic carboxylic acids is 1. The maximum Gasteiger partial charge on any atom is 0.323 e. The summed E-state index contributed by atoms with van der Waals surface area (Å²) < 4.78 is 5.02. The molecule has 0 saturated heterocycles. The Bertz CT molecular complexity index is 470. The number of amides is 1. The van der Waals surface area contributed by atoms with Crippen molar-refractivity contribution in [3.63, 3.8) is 0 Å². The minimum atomic E-state index is -1.05. The first-order valence-electron chi connectivity index (χ1n) is 6.48. The number of aromatic nitrogens is 2. The lowest BCUT2D eigenvalue weighted by Gasteiger charge is -2.18. The lowest BCUT2D eigenvalue weighted by molar-refractivity contribution is -0.144. The van der Waals surface area contributed by atoms with Crippen LogP contribution in [0.3, 0.4) is 0 Å². The van der Waals surface area contributed by atoms with E-state index in [-0.39, 0.29) is 25.4 Å². The van der Waals surface area contributed by atoms with Crippen molar-refractivity contribution >= 4 is 11.9 Å². The van der Waals surface area contributed by atoms with Gasteiger partial charge in [0.2, 0.25) is 11.8 Å². The monoisotopic (exact) mass is 281 g/mol. The number of aryl methyl sites for hydroxylation is 2. The molecule has 0 aliphatic rings. The fourth-order valence-corrected chi connectivity index (χ4v) is 1.66. The van der Waals surface area contributed by atoms with E-state index in [4.69, 9.17) is 9.63 Å². The summed E-state index contributed by atoms with van der Waals surface area (Å²) in [6.07, 6.45) is 3.59. The number of carbonyl (C=O) groups is 2. The molecule has 0 radical (unpaired) electrons. The van der Waals surface area contributed by atoms with Crippen molar-refractivity contribution in [2.24, 2.45) is 0 Å². The average molecular weight is 281 g/mol. The molecule has 1 heterocycles. The SMILES string of the molecule is C=CCN(CC(=O)O)C(=O)CCc1nc(CCC)no1. The van der Waals surface area contributed by atoms with Crippen molar-refractivity contribution in [2.75, 3.05) is 13.1 Å². The first kappa shape index (κ1) is 15.9. The van der Waals surface area contributed by atoms with Crippen LogP contribution in [0.2, 0.25) is 0 Å². The van der Waals surface area contributed by atoms with E-state index in [0.29, 0.717) is 18.1 Å². The number of carboxylic acids is 1. The summed E-state index contributed by atoms with van der Waals surface area (Å²) >= 11 is 0. The molecular formula is C13H19N3O4. The Labute approximate surface area is 117 Å². The third-order valence-electron chi connectivity index (χ3n) is 2.56. The normalized spacial score (nSPS) is 10.2. The summed E-state index contributed by atoms with van der Waals surface area (Å²) in [4.78, 5) is 27.9. The summed E-state index contributed by atoms with van der Waals surface area (Å²) in [5.41, 5.74) is 0. The molecule has 0 aromatic carbocycles. The maximum absolute atomic E-state index is 11.9. The molecule has 0 aliphatic carbocycles. The van der Waals surface area contributed by atoms with Crippen LogP contribution in [0.1, 0.15) is 31.5 Å². The molecule has 0 unspecified atom stereocenters. The van der Waals surface area contributed by atoms with Crippen LogP contribution in [0.15, 0.2) is 17.2 Å². The van der Waals surface area contributed by atoms with Crippen molar-refractivity contribution in [1.82, 2.24) is 15.0 Å². The Morgan fingerprint density at radius 3 is 2.80 bits per heavy atom. The molecule has 0 fully saturated rings. The van der Waals surface area contributed by atoms with Gasteiger partial charge in [-0.25, -0.2) is 0 Å². The highest BCUT2D eigenvalue weighted by atomic mass is 16.5. The van der Waals surface area contributed by atoms with Crippen molar-refractivity contribution in [3.8, 4) is 0 Å². The standard InChI is InChI=1S/C13H19N3O4/c1-3-5-10-14-11(20-15-10)6-7-12(17)16(8-4-2)9-13(18)19/h4H,2-3,5-9H2,1H3,(H,18,19). The highest BCUT2D eigenvalue weighted by Crippen LogP contribution is 2.05. The van der Waals surface area contributed by atoms with E-state index < -0.39 is 5.97 Å². The van der Waals surface area contributed by atoms with Gasteiger partial charge in [-0.2, -0.15) is 4.98 Å². The number of hydrogen-bond acceptors (Lipinski definition) is 5. The van der Waals surface area contributed by atoms with E-state index in [1.165, 1.54) is 11.0 Å². The molecule has 1 aromatic heterocycles. The third-order valence-corrected chi connectivity index (χ3v) is 2.56. The van der Waals surface area contributed by atoms with Crippen molar-refractivity contribution < 1.29 is 19.2 Å². The zero-order valence-electron chi connectivity index (χ0n) is 11.5. The summed E-state index contributed by atoms with van der Waals surface area (Å²) in [5.74, 6) is -0.301. The van der Waals surface area contributed by atoms with Crippen LogP contribution in [-0.4, -0.2) is 45.1 Å². The molecule has 1 aromatic rings. The van der Waals surface area contributed by atoms with Crippen LogP contribution in [0, 0.1) is 0 Å². The largest absolute Gasteiger partial charge is 0.480 e. The average Bonchev–Trinajstić information content (AvgIpc) is 2.83. The molecule has 1 rings (SSSR count). The van der Waals surface area contributed by atoms with E-state index in [9.17, 15) is 9.59 Å². The maximum atomic E-state index is 11.9. The van der Waals surface area contributed by atoms with Gasteiger partial charge in [-0.05, 0) is 6.42 Å². The van der Waals surface area contributed by atoms with E-state index in [1.54, 1.807) is 0 Å². The highest BCUT2D eigenvalue weighted by Gasteiger charge is 2.16. The van der Waals surface area contributed by atoms with Gasteiger partial charge in [-0.3, -0.25) is 9.59 Å². The van der Waals surface area contributed by atoms with Gasteiger partial charge in [-0.1, -0.05) is 18.2 Å². The van der Waals surface area contributed by atoms with Gasteiger partial charge in [0, 0.05) is 25.8 Å². The third kappa shape index (κ3) is 5.21. The quantitative estimate of drug-likeness (QED) is 0.680. The predicted molar refractivity (Wildman–Crippen MR) is 71.0 cm³/mol. The lowest BCUT2D eigenvalue weighted by Crippen LogP contribution is -2.35. The van der Waals surface area contributed by atoms with Gasteiger partial charge in [-0.15, -0.1) is 6.58 Å². The molecule has 7 heteroatoms. The zero-order valence-corrected chi connectivity index (χ0v) is 11.5. The Morgan fingerprint density at radius 1 is 1.45 bits per heavy atom. The van der Waals surface area contributed by atoms with Gasteiger partial charge < -0.3 is 14.5 Å². The van der Waals surface area contributed by atoms with Crippen molar-refractivity contribution in [2.45, 2.75) is 32.6 Å². The number of carboxylic acid groups (broad SMARTS) is 1. The second kappa shape index (κ2) is 8.08. The topological polar surface area (TPSA) is 96.5 Å². The molecule has 110 valence electrons. The highest BCUT2D eigenvalue weighted by molar-refractivity contribution is 5.81. The fraction of sp³-hybridized carbons (Fsp3) is 0.538. The minimum Gasteiger partial charge on any atom is -0.480 e.